The number of rotatable bonds is 4. The van der Waals surface area contributed by atoms with Crippen molar-refractivity contribution in [2.45, 2.75) is 88.4 Å². The average Bonchev–Trinajstić information content (AvgIpc) is 3.02. The van der Waals surface area contributed by atoms with Crippen molar-refractivity contribution in [1.29, 1.82) is 0 Å². The fraction of sp³-hybridized carbons (Fsp3) is 0.667. The topological polar surface area (TPSA) is 83.1 Å². The zero-order chi connectivity index (χ0) is 20.7. The number of carbonyl (C=O) groups excluding carboxylic acids is 1. The zero-order valence-electron chi connectivity index (χ0n) is 17.7. The smallest absolute Gasteiger partial charge is 0.243 e. The lowest BCUT2D eigenvalue weighted by molar-refractivity contribution is -0.787. The van der Waals surface area contributed by atoms with Gasteiger partial charge in [-0.2, -0.15) is 4.31 Å². The van der Waals surface area contributed by atoms with E-state index >= 15 is 0 Å². The van der Waals surface area contributed by atoms with E-state index in [2.05, 4.69) is 38.3 Å². The molecule has 6 nitrogen and oxygen atoms in total. The van der Waals surface area contributed by atoms with Gasteiger partial charge in [0.2, 0.25) is 15.9 Å². The Hall–Kier alpha value is -1.44. The van der Waals surface area contributed by atoms with Crippen LogP contribution in [-0.4, -0.2) is 48.3 Å². The molecule has 1 atom stereocenters. The number of sulfonamides is 1. The summed E-state index contributed by atoms with van der Waals surface area (Å²) in [4.78, 5) is 13.3. The molecule has 0 saturated carbocycles. The molecule has 3 rings (SSSR count). The number of hydrogen-bond donors (Lipinski definition) is 2. The van der Waals surface area contributed by atoms with E-state index in [1.54, 1.807) is 24.3 Å². The summed E-state index contributed by atoms with van der Waals surface area (Å²) in [5.74, 6) is -0.160. The third-order valence-electron chi connectivity index (χ3n) is 5.81. The quantitative estimate of drug-likeness (QED) is 0.793. The summed E-state index contributed by atoms with van der Waals surface area (Å²) < 4.78 is 27.6. The average molecular weight is 409 g/mol. The SMILES string of the molecule is Cc1ccc(S(=O)(=O)N2CCC[C@H]2C(=O)NC2CC(C)(C)[NH2+]C(C)(C)C2)cc1. The summed E-state index contributed by atoms with van der Waals surface area (Å²) >= 11 is 0. The Labute approximate surface area is 169 Å². The van der Waals surface area contributed by atoms with Crippen molar-refractivity contribution < 1.29 is 18.5 Å². The van der Waals surface area contributed by atoms with Crippen molar-refractivity contribution in [2.75, 3.05) is 6.54 Å². The van der Waals surface area contributed by atoms with Crippen LogP contribution in [0.15, 0.2) is 29.2 Å². The van der Waals surface area contributed by atoms with Crippen molar-refractivity contribution in [3.8, 4) is 0 Å². The molecule has 2 heterocycles. The van der Waals surface area contributed by atoms with Crippen LogP contribution in [0.2, 0.25) is 0 Å². The van der Waals surface area contributed by atoms with Crippen LogP contribution in [0.25, 0.3) is 0 Å². The predicted molar refractivity (Wildman–Crippen MR) is 109 cm³/mol. The number of aryl methyl sites for hydroxylation is 1. The standard InChI is InChI=1S/C21H33N3O3S/c1-15-8-10-17(11-9-15)28(26,27)24-12-6-7-18(24)19(25)22-16-13-20(2,3)23-21(4,5)14-16/h8-11,16,18,23H,6-7,12-14H2,1-5H3,(H,22,25)/p+1/t18-/m0/s1. The lowest BCUT2D eigenvalue weighted by Gasteiger charge is -2.43. The monoisotopic (exact) mass is 408 g/mol. The van der Waals surface area contributed by atoms with Crippen LogP contribution in [0.1, 0.15) is 58.9 Å². The van der Waals surface area contributed by atoms with Gasteiger partial charge in [0, 0.05) is 25.4 Å². The molecule has 0 bridgehead atoms. The summed E-state index contributed by atoms with van der Waals surface area (Å²) in [7, 11) is -3.67. The maximum atomic E-state index is 13.1. The molecule has 3 N–H and O–H groups in total. The van der Waals surface area contributed by atoms with Crippen molar-refractivity contribution in [1.82, 2.24) is 9.62 Å². The molecule has 2 fully saturated rings. The van der Waals surface area contributed by atoms with Crippen molar-refractivity contribution >= 4 is 15.9 Å². The highest BCUT2D eigenvalue weighted by Gasteiger charge is 2.44. The highest BCUT2D eigenvalue weighted by atomic mass is 32.2. The summed E-state index contributed by atoms with van der Waals surface area (Å²) in [5, 5.41) is 5.54. The first-order chi connectivity index (χ1) is 12.9. The second kappa shape index (κ2) is 7.43. The molecule has 0 unspecified atom stereocenters. The number of nitrogens with zero attached hydrogens (tertiary/aromatic N) is 1. The Bertz CT molecular complexity index is 815. The molecular formula is C21H34N3O3S+. The number of hydrogen-bond acceptors (Lipinski definition) is 3. The van der Waals surface area contributed by atoms with Gasteiger partial charge in [0.1, 0.15) is 6.04 Å². The second-order valence-corrected chi connectivity index (χ2v) is 11.7. The molecular weight excluding hydrogens is 374 g/mol. The van der Waals surface area contributed by atoms with Gasteiger partial charge in [0.25, 0.3) is 0 Å². The van der Waals surface area contributed by atoms with Gasteiger partial charge in [0.15, 0.2) is 0 Å². The minimum absolute atomic E-state index is 0.0447. The highest BCUT2D eigenvalue weighted by molar-refractivity contribution is 7.89. The van der Waals surface area contributed by atoms with Crippen LogP contribution in [0.5, 0.6) is 0 Å². The Kier molecular flexibility index (Phi) is 5.64. The number of nitrogens with two attached hydrogens (primary N) is 1. The van der Waals surface area contributed by atoms with Crippen molar-refractivity contribution in [3.05, 3.63) is 29.8 Å². The predicted octanol–water partition coefficient (Wildman–Crippen LogP) is 1.55. The molecule has 2 aliphatic rings. The highest BCUT2D eigenvalue weighted by Crippen LogP contribution is 2.28. The molecule has 1 aromatic carbocycles. The summed E-state index contributed by atoms with van der Waals surface area (Å²) in [5.41, 5.74) is 1.10. The molecule has 2 aliphatic heterocycles. The second-order valence-electron chi connectivity index (χ2n) is 9.82. The molecule has 0 spiro atoms. The minimum Gasteiger partial charge on any atom is -0.351 e. The summed E-state index contributed by atoms with van der Waals surface area (Å²) in [6, 6.07) is 6.27. The maximum Gasteiger partial charge on any atom is 0.243 e. The normalized spacial score (nSPS) is 25.5. The van der Waals surface area contributed by atoms with E-state index in [1.807, 2.05) is 6.92 Å². The third kappa shape index (κ3) is 4.58. The van der Waals surface area contributed by atoms with E-state index in [0.29, 0.717) is 19.4 Å². The number of piperidine rings is 1. The Morgan fingerprint density at radius 3 is 2.25 bits per heavy atom. The largest absolute Gasteiger partial charge is 0.351 e. The number of nitrogens with one attached hydrogen (secondary N) is 1. The van der Waals surface area contributed by atoms with Gasteiger partial charge in [-0.25, -0.2) is 8.42 Å². The van der Waals surface area contributed by atoms with Crippen LogP contribution in [0, 0.1) is 6.92 Å². The van der Waals surface area contributed by atoms with E-state index in [0.717, 1.165) is 18.4 Å². The van der Waals surface area contributed by atoms with E-state index in [-0.39, 0.29) is 27.9 Å². The molecule has 1 amide bonds. The fourth-order valence-corrected chi connectivity index (χ4v) is 6.71. The summed E-state index contributed by atoms with van der Waals surface area (Å²) in [6.07, 6.45) is 3.03. The number of benzene rings is 1. The Morgan fingerprint density at radius 1 is 1.11 bits per heavy atom. The minimum atomic E-state index is -3.67. The number of amides is 1. The van der Waals surface area contributed by atoms with E-state index in [4.69, 9.17) is 0 Å². The van der Waals surface area contributed by atoms with Crippen molar-refractivity contribution in [3.63, 3.8) is 0 Å². The molecule has 2 saturated heterocycles. The van der Waals surface area contributed by atoms with Crippen LogP contribution in [-0.2, 0) is 14.8 Å². The van der Waals surface area contributed by atoms with Crippen LogP contribution < -0.4 is 10.6 Å². The first-order valence-electron chi connectivity index (χ1n) is 10.2. The Morgan fingerprint density at radius 2 is 1.68 bits per heavy atom. The lowest BCUT2D eigenvalue weighted by atomic mass is 9.79. The first-order valence-corrected chi connectivity index (χ1v) is 11.6. The van der Waals surface area contributed by atoms with Crippen molar-refractivity contribution in [2.24, 2.45) is 0 Å². The van der Waals surface area contributed by atoms with Gasteiger partial charge < -0.3 is 10.6 Å². The molecule has 156 valence electrons. The van der Waals surface area contributed by atoms with Crippen LogP contribution in [0.4, 0.5) is 0 Å². The van der Waals surface area contributed by atoms with Gasteiger partial charge in [-0.05, 0) is 59.6 Å². The summed E-state index contributed by atoms with van der Waals surface area (Å²) in [6.45, 7) is 11.1. The van der Waals surface area contributed by atoms with Gasteiger partial charge in [0.05, 0.1) is 16.0 Å². The van der Waals surface area contributed by atoms with E-state index in [1.165, 1.54) is 4.31 Å². The molecule has 0 radical (unpaired) electrons. The van der Waals surface area contributed by atoms with Gasteiger partial charge >= 0.3 is 0 Å². The van der Waals surface area contributed by atoms with E-state index < -0.39 is 16.1 Å². The lowest BCUT2D eigenvalue weighted by Crippen LogP contribution is -3.06. The molecule has 0 aliphatic carbocycles. The molecule has 1 aromatic rings. The Balaban J connectivity index is 1.75. The third-order valence-corrected chi connectivity index (χ3v) is 7.73. The van der Waals surface area contributed by atoms with Crippen LogP contribution >= 0.6 is 0 Å². The maximum absolute atomic E-state index is 13.1. The van der Waals surface area contributed by atoms with E-state index in [9.17, 15) is 13.2 Å². The van der Waals surface area contributed by atoms with Gasteiger partial charge in [-0.1, -0.05) is 17.7 Å². The molecule has 7 heteroatoms. The number of carbonyl (C=O) groups is 1. The number of quaternary nitrogens is 1. The zero-order valence-corrected chi connectivity index (χ0v) is 18.5. The van der Waals surface area contributed by atoms with Gasteiger partial charge in [-0.3, -0.25) is 4.79 Å². The molecule has 28 heavy (non-hydrogen) atoms. The first kappa shape index (κ1) is 21.3. The fourth-order valence-electron chi connectivity index (χ4n) is 5.05. The molecule has 0 aromatic heterocycles. The van der Waals surface area contributed by atoms with Gasteiger partial charge in [-0.15, -0.1) is 0 Å². The van der Waals surface area contributed by atoms with Crippen LogP contribution in [0.3, 0.4) is 0 Å².